The maximum Gasteiger partial charge on any atom is 0.245 e. The minimum atomic E-state index is -3.70. The maximum absolute atomic E-state index is 13.6. The second-order valence-electron chi connectivity index (χ2n) is 4.41. The van der Waals surface area contributed by atoms with E-state index in [1.807, 2.05) is 0 Å². The molecule has 2 rings (SSSR count). The molecule has 0 atom stereocenters. The van der Waals surface area contributed by atoms with Crippen LogP contribution in [0.5, 0.6) is 0 Å². The summed E-state index contributed by atoms with van der Waals surface area (Å²) in [6.45, 7) is 0.241. The molecule has 0 unspecified atom stereocenters. The van der Waals surface area contributed by atoms with Crippen LogP contribution in [0.2, 0.25) is 0 Å². The molecule has 4 nitrogen and oxygen atoms in total. The van der Waals surface area contributed by atoms with Crippen LogP contribution in [0.25, 0.3) is 0 Å². The van der Waals surface area contributed by atoms with Gasteiger partial charge in [-0.25, -0.2) is 12.8 Å². The van der Waals surface area contributed by atoms with Crippen molar-refractivity contribution in [2.24, 2.45) is 5.73 Å². The molecular weight excluding hydrogens is 379 g/mol. The summed E-state index contributed by atoms with van der Waals surface area (Å²) in [6, 6.07) is 7.66. The molecule has 0 saturated heterocycles. The minimum absolute atomic E-state index is 0.0325. The highest BCUT2D eigenvalue weighted by Gasteiger charge is 2.26. The number of sulfonamides is 1. The Bertz CT molecular complexity index is 746. The van der Waals surface area contributed by atoms with Gasteiger partial charge in [-0.15, -0.1) is 11.3 Å². The van der Waals surface area contributed by atoms with Gasteiger partial charge in [0, 0.05) is 30.6 Å². The van der Waals surface area contributed by atoms with Crippen LogP contribution in [0.4, 0.5) is 4.39 Å². The van der Waals surface area contributed by atoms with Gasteiger partial charge in [-0.05, 0) is 28.1 Å². The molecule has 0 amide bonds. The van der Waals surface area contributed by atoms with Gasteiger partial charge >= 0.3 is 0 Å². The number of rotatable bonds is 5. The van der Waals surface area contributed by atoms with Gasteiger partial charge in [0.1, 0.15) is 10.7 Å². The van der Waals surface area contributed by atoms with Crippen LogP contribution in [-0.4, -0.2) is 19.8 Å². The molecule has 1 aromatic carbocycles. The molecule has 0 aliphatic heterocycles. The lowest BCUT2D eigenvalue weighted by molar-refractivity contribution is 0.456. The van der Waals surface area contributed by atoms with Crippen LogP contribution in [0.1, 0.15) is 10.4 Å². The lowest BCUT2D eigenvalue weighted by atomic mass is 10.2. The monoisotopic (exact) mass is 392 g/mol. The van der Waals surface area contributed by atoms with Crippen molar-refractivity contribution in [3.63, 3.8) is 0 Å². The average Bonchev–Trinajstić information content (AvgIpc) is 2.83. The van der Waals surface area contributed by atoms with E-state index in [1.165, 1.54) is 24.5 Å². The normalized spacial score (nSPS) is 12.0. The van der Waals surface area contributed by atoms with Crippen molar-refractivity contribution in [2.75, 3.05) is 7.05 Å². The summed E-state index contributed by atoms with van der Waals surface area (Å²) in [5, 5.41) is 0. The zero-order valence-electron chi connectivity index (χ0n) is 11.2. The summed E-state index contributed by atoms with van der Waals surface area (Å²) < 4.78 is 40.3. The molecule has 1 aromatic heterocycles. The number of halogens is 2. The van der Waals surface area contributed by atoms with Gasteiger partial charge in [-0.3, -0.25) is 0 Å². The van der Waals surface area contributed by atoms with Crippen molar-refractivity contribution in [1.29, 1.82) is 0 Å². The average molecular weight is 393 g/mol. The van der Waals surface area contributed by atoms with E-state index < -0.39 is 15.8 Å². The molecule has 114 valence electrons. The third kappa shape index (κ3) is 3.51. The quantitative estimate of drug-likeness (QED) is 0.850. The first-order chi connectivity index (χ1) is 9.86. The number of nitrogens with two attached hydrogens (primary N) is 1. The number of benzene rings is 1. The van der Waals surface area contributed by atoms with E-state index in [0.29, 0.717) is 9.35 Å². The lowest BCUT2D eigenvalue weighted by Crippen LogP contribution is -2.26. The smallest absolute Gasteiger partial charge is 0.245 e. The maximum atomic E-state index is 13.6. The molecule has 0 spiro atoms. The summed E-state index contributed by atoms with van der Waals surface area (Å²) in [4.78, 5) is 0.923. The largest absolute Gasteiger partial charge is 0.326 e. The van der Waals surface area contributed by atoms with E-state index in [-0.39, 0.29) is 18.0 Å². The summed E-state index contributed by atoms with van der Waals surface area (Å²) in [5.41, 5.74) is 5.85. The first kappa shape index (κ1) is 16.6. The van der Waals surface area contributed by atoms with Gasteiger partial charge < -0.3 is 5.73 Å². The van der Waals surface area contributed by atoms with Crippen molar-refractivity contribution >= 4 is 37.3 Å². The molecule has 0 bridgehead atoms. The Morgan fingerprint density at radius 1 is 1.38 bits per heavy atom. The van der Waals surface area contributed by atoms with Crippen molar-refractivity contribution in [1.82, 2.24) is 4.31 Å². The lowest BCUT2D eigenvalue weighted by Gasteiger charge is -2.17. The second-order valence-corrected chi connectivity index (χ2v) is 8.88. The fourth-order valence-corrected chi connectivity index (χ4v) is 5.45. The molecule has 8 heteroatoms. The Balaban J connectivity index is 2.30. The van der Waals surface area contributed by atoms with Gasteiger partial charge in [-0.2, -0.15) is 4.31 Å². The fraction of sp³-hybridized carbons (Fsp3) is 0.231. The van der Waals surface area contributed by atoms with Gasteiger partial charge in [0.2, 0.25) is 10.0 Å². The molecule has 0 saturated carbocycles. The first-order valence-corrected chi connectivity index (χ1v) is 9.09. The van der Waals surface area contributed by atoms with E-state index in [4.69, 9.17) is 5.73 Å². The molecule has 0 radical (unpaired) electrons. The summed E-state index contributed by atoms with van der Waals surface area (Å²) >= 11 is 4.52. The van der Waals surface area contributed by atoms with Gasteiger partial charge in [0.05, 0.1) is 3.79 Å². The molecule has 2 aromatic rings. The highest BCUT2D eigenvalue weighted by atomic mass is 79.9. The van der Waals surface area contributed by atoms with E-state index in [1.54, 1.807) is 24.3 Å². The molecule has 21 heavy (non-hydrogen) atoms. The standard InChI is InChI=1S/C13H14BrFN2O2S2/c1-17(8-9-4-2-3-5-11(9)15)21(18,19)12-6-10(7-16)20-13(12)14/h2-6H,7-8,16H2,1H3. The third-order valence-corrected chi connectivity index (χ3v) is 7.02. The zero-order valence-corrected chi connectivity index (χ0v) is 14.4. The Morgan fingerprint density at radius 2 is 2.05 bits per heavy atom. The Kier molecular flexibility index (Phi) is 5.15. The second kappa shape index (κ2) is 6.53. The highest BCUT2D eigenvalue weighted by Crippen LogP contribution is 2.33. The van der Waals surface area contributed by atoms with Crippen LogP contribution in [0.3, 0.4) is 0 Å². The van der Waals surface area contributed by atoms with Crippen molar-refractivity contribution < 1.29 is 12.8 Å². The van der Waals surface area contributed by atoms with E-state index in [0.717, 1.165) is 9.18 Å². The first-order valence-electron chi connectivity index (χ1n) is 6.04. The summed E-state index contributed by atoms with van der Waals surface area (Å²) in [5.74, 6) is -0.424. The predicted octanol–water partition coefficient (Wildman–Crippen LogP) is 2.93. The van der Waals surface area contributed by atoms with Crippen LogP contribution in [-0.2, 0) is 23.1 Å². The minimum Gasteiger partial charge on any atom is -0.326 e. The SMILES string of the molecule is CN(Cc1ccccc1F)S(=O)(=O)c1cc(CN)sc1Br. The van der Waals surface area contributed by atoms with Gasteiger partial charge in [0.15, 0.2) is 0 Å². The highest BCUT2D eigenvalue weighted by molar-refractivity contribution is 9.11. The molecule has 2 N–H and O–H groups in total. The number of hydrogen-bond donors (Lipinski definition) is 1. The van der Waals surface area contributed by atoms with Gasteiger partial charge in [-0.1, -0.05) is 18.2 Å². The molecular formula is C13H14BrFN2O2S2. The van der Waals surface area contributed by atoms with Crippen LogP contribution in [0.15, 0.2) is 39.0 Å². The third-order valence-electron chi connectivity index (χ3n) is 2.95. The number of thiophene rings is 1. The Hall–Kier alpha value is -0.800. The van der Waals surface area contributed by atoms with Crippen molar-refractivity contribution in [2.45, 2.75) is 18.0 Å². The van der Waals surface area contributed by atoms with Crippen molar-refractivity contribution in [3.05, 3.63) is 50.4 Å². The summed E-state index contributed by atoms with van der Waals surface area (Å²) in [6.07, 6.45) is 0. The van der Waals surface area contributed by atoms with E-state index in [9.17, 15) is 12.8 Å². The Labute approximate surface area is 135 Å². The molecule has 0 fully saturated rings. The number of hydrogen-bond acceptors (Lipinski definition) is 4. The van der Waals surface area contributed by atoms with Crippen LogP contribution in [0, 0.1) is 5.82 Å². The van der Waals surface area contributed by atoms with Crippen molar-refractivity contribution in [3.8, 4) is 0 Å². The molecule has 1 heterocycles. The predicted molar refractivity (Wildman–Crippen MR) is 85.0 cm³/mol. The number of nitrogens with zero attached hydrogens (tertiary/aromatic N) is 1. The van der Waals surface area contributed by atoms with Gasteiger partial charge in [0.25, 0.3) is 0 Å². The topological polar surface area (TPSA) is 63.4 Å². The molecule has 0 aliphatic carbocycles. The van der Waals surface area contributed by atoms with Crippen LogP contribution < -0.4 is 5.73 Å². The fourth-order valence-electron chi connectivity index (χ4n) is 1.79. The molecule has 0 aliphatic rings. The summed E-state index contributed by atoms with van der Waals surface area (Å²) in [7, 11) is -2.27. The van der Waals surface area contributed by atoms with Crippen LogP contribution >= 0.6 is 27.3 Å². The van der Waals surface area contributed by atoms with E-state index >= 15 is 0 Å². The van der Waals surface area contributed by atoms with E-state index in [2.05, 4.69) is 15.9 Å². The zero-order chi connectivity index (χ0) is 15.6. The Morgan fingerprint density at radius 3 is 2.62 bits per heavy atom.